The molecule has 4 atom stereocenters. The van der Waals surface area contributed by atoms with Gasteiger partial charge in [-0.05, 0) is 20.3 Å². The van der Waals surface area contributed by atoms with Crippen LogP contribution in [0, 0.1) is 0 Å². The molecule has 1 aliphatic rings. The van der Waals surface area contributed by atoms with E-state index in [0.717, 1.165) is 19.6 Å². The van der Waals surface area contributed by atoms with Gasteiger partial charge in [-0.2, -0.15) is 0 Å². The van der Waals surface area contributed by atoms with Crippen LogP contribution in [-0.2, 0) is 9.47 Å². The van der Waals surface area contributed by atoms with Crippen LogP contribution in [0.4, 0.5) is 0 Å². The normalized spacial score (nSPS) is 29.5. The molecule has 0 aromatic rings. The van der Waals surface area contributed by atoms with Crippen molar-refractivity contribution in [1.29, 1.82) is 0 Å². The van der Waals surface area contributed by atoms with Crippen LogP contribution < -0.4 is 5.32 Å². The molecule has 1 rings (SSSR count). The van der Waals surface area contributed by atoms with E-state index in [1.54, 1.807) is 14.2 Å². The van der Waals surface area contributed by atoms with Crippen LogP contribution in [0.3, 0.4) is 0 Å². The first kappa shape index (κ1) is 14.9. The Morgan fingerprint density at radius 1 is 1.18 bits per heavy atom. The van der Waals surface area contributed by atoms with Gasteiger partial charge >= 0.3 is 0 Å². The molecule has 1 fully saturated rings. The number of ether oxygens (including phenoxy) is 2. The van der Waals surface area contributed by atoms with Crippen LogP contribution in [0.25, 0.3) is 0 Å². The predicted octanol–water partition coefficient (Wildman–Crippen LogP) is 1.11. The lowest BCUT2D eigenvalue weighted by molar-refractivity contribution is -0.00461. The quantitative estimate of drug-likeness (QED) is 0.727. The molecule has 4 heteroatoms. The molecule has 0 spiro atoms. The summed E-state index contributed by atoms with van der Waals surface area (Å²) in [5.74, 6) is 0. The summed E-state index contributed by atoms with van der Waals surface area (Å²) in [5.41, 5.74) is 0. The Morgan fingerprint density at radius 3 is 2.12 bits per heavy atom. The molecular weight excluding hydrogens is 216 g/mol. The fraction of sp³-hybridized carbons (Fsp3) is 1.00. The van der Waals surface area contributed by atoms with Gasteiger partial charge in [0.05, 0.1) is 12.2 Å². The predicted molar refractivity (Wildman–Crippen MR) is 70.4 cm³/mol. The second kappa shape index (κ2) is 7.31. The van der Waals surface area contributed by atoms with Crippen molar-refractivity contribution in [2.75, 3.05) is 33.9 Å². The number of methoxy groups -OCH3 is 2. The minimum absolute atomic E-state index is 0.214. The van der Waals surface area contributed by atoms with Crippen molar-refractivity contribution in [2.45, 2.75) is 51.5 Å². The van der Waals surface area contributed by atoms with Gasteiger partial charge in [0.15, 0.2) is 0 Å². The Morgan fingerprint density at radius 2 is 1.71 bits per heavy atom. The topological polar surface area (TPSA) is 33.7 Å². The van der Waals surface area contributed by atoms with Crippen molar-refractivity contribution in [3.63, 3.8) is 0 Å². The maximum atomic E-state index is 5.45. The number of rotatable bonds is 7. The number of hydrogen-bond donors (Lipinski definition) is 1. The van der Waals surface area contributed by atoms with Gasteiger partial charge in [0.25, 0.3) is 0 Å². The van der Waals surface area contributed by atoms with Crippen molar-refractivity contribution >= 4 is 0 Å². The third kappa shape index (κ3) is 4.21. The molecule has 1 aliphatic heterocycles. The smallest absolute Gasteiger partial charge is 0.0971 e. The van der Waals surface area contributed by atoms with E-state index in [9.17, 15) is 0 Å². The Hall–Kier alpha value is -0.160. The molecule has 0 radical (unpaired) electrons. The first-order chi connectivity index (χ1) is 8.12. The van der Waals surface area contributed by atoms with Crippen molar-refractivity contribution in [3.8, 4) is 0 Å². The molecular formula is C13H28N2O2. The molecule has 1 N–H and O–H groups in total. The molecule has 0 bridgehead atoms. The molecule has 1 heterocycles. The summed E-state index contributed by atoms with van der Waals surface area (Å²) in [7, 11) is 3.53. The Labute approximate surface area is 106 Å². The molecule has 0 aliphatic carbocycles. The number of hydrogen-bond acceptors (Lipinski definition) is 4. The Bertz CT molecular complexity index is 202. The average molecular weight is 244 g/mol. The summed E-state index contributed by atoms with van der Waals surface area (Å²) >= 11 is 0. The van der Waals surface area contributed by atoms with E-state index in [2.05, 4.69) is 31.0 Å². The van der Waals surface area contributed by atoms with E-state index in [-0.39, 0.29) is 12.2 Å². The lowest BCUT2D eigenvalue weighted by atomic mass is 10.2. The molecule has 0 aromatic carbocycles. The highest BCUT2D eigenvalue weighted by Crippen LogP contribution is 2.17. The summed E-state index contributed by atoms with van der Waals surface area (Å²) < 4.78 is 10.9. The van der Waals surface area contributed by atoms with E-state index in [0.29, 0.717) is 12.1 Å². The molecule has 1 saturated heterocycles. The Kier molecular flexibility index (Phi) is 6.41. The van der Waals surface area contributed by atoms with Crippen LogP contribution in [0.15, 0.2) is 0 Å². The Balaban J connectivity index is 2.35. The van der Waals surface area contributed by atoms with Crippen molar-refractivity contribution in [3.05, 3.63) is 0 Å². The van der Waals surface area contributed by atoms with Gasteiger partial charge in [-0.25, -0.2) is 0 Å². The van der Waals surface area contributed by atoms with Crippen LogP contribution in [0.1, 0.15) is 27.2 Å². The summed E-state index contributed by atoms with van der Waals surface area (Å²) in [4.78, 5) is 2.44. The van der Waals surface area contributed by atoms with Crippen LogP contribution >= 0.6 is 0 Å². The van der Waals surface area contributed by atoms with Gasteiger partial charge in [0.2, 0.25) is 0 Å². The van der Waals surface area contributed by atoms with Gasteiger partial charge in [0, 0.05) is 45.9 Å². The van der Waals surface area contributed by atoms with E-state index in [4.69, 9.17) is 9.47 Å². The van der Waals surface area contributed by atoms with Gasteiger partial charge in [-0.3, -0.25) is 4.90 Å². The maximum Gasteiger partial charge on any atom is 0.0971 e. The second-order valence-electron chi connectivity index (χ2n) is 5.07. The number of nitrogens with one attached hydrogen (secondary N) is 1. The monoisotopic (exact) mass is 244 g/mol. The second-order valence-corrected chi connectivity index (χ2v) is 5.07. The minimum atomic E-state index is 0.214. The van der Waals surface area contributed by atoms with E-state index in [1.807, 2.05) is 0 Å². The molecule has 4 nitrogen and oxygen atoms in total. The zero-order chi connectivity index (χ0) is 12.8. The molecule has 0 aromatic heterocycles. The molecule has 4 unspecified atom stereocenters. The van der Waals surface area contributed by atoms with Gasteiger partial charge in [-0.1, -0.05) is 6.92 Å². The first-order valence-electron chi connectivity index (χ1n) is 6.65. The first-order valence-corrected chi connectivity index (χ1v) is 6.65. The van der Waals surface area contributed by atoms with Crippen molar-refractivity contribution in [1.82, 2.24) is 10.2 Å². The molecule has 0 amide bonds. The summed E-state index contributed by atoms with van der Waals surface area (Å²) in [6.45, 7) is 9.67. The fourth-order valence-corrected chi connectivity index (χ4v) is 2.23. The van der Waals surface area contributed by atoms with E-state index in [1.165, 1.54) is 6.42 Å². The molecule has 17 heavy (non-hydrogen) atoms. The van der Waals surface area contributed by atoms with E-state index >= 15 is 0 Å². The lowest BCUT2D eigenvalue weighted by Gasteiger charge is -2.25. The molecule has 0 saturated carbocycles. The number of likely N-dealkylation sites (tertiary alicyclic amines) is 1. The standard InChI is InChI=1S/C13H28N2O2/c1-6-10(2)14-7-11(3)15-8-12(16-4)13(9-15)17-5/h10-14H,6-9H2,1-5H3. The van der Waals surface area contributed by atoms with Crippen LogP contribution in [-0.4, -0.2) is 63.0 Å². The third-order valence-electron chi connectivity index (χ3n) is 3.85. The number of nitrogens with zero attached hydrogens (tertiary/aromatic N) is 1. The van der Waals surface area contributed by atoms with Crippen molar-refractivity contribution < 1.29 is 9.47 Å². The summed E-state index contributed by atoms with van der Waals surface area (Å²) in [6.07, 6.45) is 1.60. The van der Waals surface area contributed by atoms with Gasteiger partial charge in [-0.15, -0.1) is 0 Å². The maximum absolute atomic E-state index is 5.45. The average Bonchev–Trinajstić information content (AvgIpc) is 2.78. The van der Waals surface area contributed by atoms with Crippen LogP contribution in [0.2, 0.25) is 0 Å². The SMILES string of the molecule is CCC(C)NCC(C)N1CC(OC)C(OC)C1. The van der Waals surface area contributed by atoms with E-state index < -0.39 is 0 Å². The summed E-state index contributed by atoms with van der Waals surface area (Å²) in [5, 5.41) is 3.55. The highest BCUT2D eigenvalue weighted by Gasteiger charge is 2.34. The minimum Gasteiger partial charge on any atom is -0.377 e. The lowest BCUT2D eigenvalue weighted by Crippen LogP contribution is -2.42. The zero-order valence-electron chi connectivity index (χ0n) is 11.9. The zero-order valence-corrected chi connectivity index (χ0v) is 11.9. The molecule has 102 valence electrons. The van der Waals surface area contributed by atoms with Gasteiger partial charge < -0.3 is 14.8 Å². The fourth-order valence-electron chi connectivity index (χ4n) is 2.23. The van der Waals surface area contributed by atoms with Crippen LogP contribution in [0.5, 0.6) is 0 Å². The van der Waals surface area contributed by atoms with Crippen molar-refractivity contribution in [2.24, 2.45) is 0 Å². The highest BCUT2D eigenvalue weighted by atomic mass is 16.5. The van der Waals surface area contributed by atoms with Gasteiger partial charge in [0.1, 0.15) is 0 Å². The highest BCUT2D eigenvalue weighted by molar-refractivity contribution is 4.88. The summed E-state index contributed by atoms with van der Waals surface area (Å²) in [6, 6.07) is 1.12. The largest absolute Gasteiger partial charge is 0.377 e. The third-order valence-corrected chi connectivity index (χ3v) is 3.85.